The van der Waals surface area contributed by atoms with Crippen molar-refractivity contribution in [2.24, 2.45) is 5.73 Å². The molecule has 2 nitrogen and oxygen atoms in total. The molecule has 15 heavy (non-hydrogen) atoms. The minimum absolute atomic E-state index is 0.227. The van der Waals surface area contributed by atoms with E-state index in [1.165, 1.54) is 0 Å². The second kappa shape index (κ2) is 3.02. The molecule has 0 spiro atoms. The fourth-order valence-corrected chi connectivity index (χ4v) is 2.09. The second-order valence-corrected chi connectivity index (χ2v) is 3.78. The summed E-state index contributed by atoms with van der Waals surface area (Å²) in [7, 11) is 0. The zero-order valence-electron chi connectivity index (χ0n) is 8.27. The highest BCUT2D eigenvalue weighted by atomic mass is 14.9. The lowest BCUT2D eigenvalue weighted by Gasteiger charge is -2.28. The highest BCUT2D eigenvalue weighted by Gasteiger charge is 2.22. The molecule has 1 unspecified atom stereocenters. The average Bonchev–Trinajstić information content (AvgIpc) is 2.30. The molecule has 3 N–H and O–H groups in total. The van der Waals surface area contributed by atoms with Gasteiger partial charge in [0.25, 0.3) is 0 Å². The molecular weight excluding hydrogens is 184 g/mol. The first-order valence-corrected chi connectivity index (χ1v) is 5.07. The van der Waals surface area contributed by atoms with E-state index in [2.05, 4.69) is 23.5 Å². The van der Waals surface area contributed by atoms with Gasteiger partial charge in [-0.25, -0.2) is 0 Å². The molecular formula is C13H12N2. The van der Waals surface area contributed by atoms with E-state index in [9.17, 15) is 0 Å². The minimum Gasteiger partial charge on any atom is -0.398 e. The van der Waals surface area contributed by atoms with Gasteiger partial charge in [-0.1, -0.05) is 42.5 Å². The molecule has 0 saturated carbocycles. The van der Waals surface area contributed by atoms with Gasteiger partial charge in [-0.3, -0.25) is 0 Å². The van der Waals surface area contributed by atoms with Crippen molar-refractivity contribution in [1.82, 2.24) is 0 Å². The van der Waals surface area contributed by atoms with Crippen LogP contribution in [-0.2, 0) is 0 Å². The normalized spacial score (nSPS) is 22.0. The highest BCUT2D eigenvalue weighted by Crippen LogP contribution is 2.32. The monoisotopic (exact) mass is 196 g/mol. The van der Waals surface area contributed by atoms with Crippen LogP contribution in [-0.4, -0.2) is 6.04 Å². The zero-order valence-corrected chi connectivity index (χ0v) is 8.27. The quantitative estimate of drug-likeness (QED) is 0.668. The number of nitrogens with one attached hydrogen (secondary N) is 1. The number of benzene rings is 1. The Hall–Kier alpha value is -1.96. The number of anilines is 1. The summed E-state index contributed by atoms with van der Waals surface area (Å²) in [6.07, 6.45) is 8.26. The Labute approximate surface area is 88.8 Å². The maximum atomic E-state index is 6.16. The maximum absolute atomic E-state index is 6.16. The molecule has 2 aliphatic rings. The van der Waals surface area contributed by atoms with Crippen LogP contribution in [0.5, 0.6) is 0 Å². The van der Waals surface area contributed by atoms with Gasteiger partial charge in [0.2, 0.25) is 0 Å². The van der Waals surface area contributed by atoms with Crippen LogP contribution >= 0.6 is 0 Å². The Bertz CT molecular complexity index is 495. The number of para-hydroxylation sites is 1. The molecule has 74 valence electrons. The predicted molar refractivity (Wildman–Crippen MR) is 63.2 cm³/mol. The van der Waals surface area contributed by atoms with Gasteiger partial charge in [0.05, 0.1) is 6.04 Å². The summed E-state index contributed by atoms with van der Waals surface area (Å²) in [4.78, 5) is 0. The summed E-state index contributed by atoms with van der Waals surface area (Å²) in [5.41, 5.74) is 10.4. The van der Waals surface area contributed by atoms with Crippen molar-refractivity contribution in [2.75, 3.05) is 5.32 Å². The SMILES string of the molecule is NC1=C2C=CC=CC2Nc2ccccc21. The first-order valence-electron chi connectivity index (χ1n) is 5.07. The third-order valence-electron chi connectivity index (χ3n) is 2.86. The Kier molecular flexibility index (Phi) is 1.68. The molecule has 0 radical (unpaired) electrons. The largest absolute Gasteiger partial charge is 0.398 e. The summed E-state index contributed by atoms with van der Waals surface area (Å²) in [6, 6.07) is 8.37. The molecule has 1 aliphatic carbocycles. The number of nitrogens with two attached hydrogens (primary N) is 1. The van der Waals surface area contributed by atoms with Gasteiger partial charge in [-0.15, -0.1) is 0 Å². The third-order valence-corrected chi connectivity index (χ3v) is 2.86. The van der Waals surface area contributed by atoms with Gasteiger partial charge in [0, 0.05) is 22.5 Å². The van der Waals surface area contributed by atoms with Crippen molar-refractivity contribution in [3.8, 4) is 0 Å². The van der Waals surface area contributed by atoms with Crippen molar-refractivity contribution in [3.05, 3.63) is 59.7 Å². The number of allylic oxidation sites excluding steroid dienone is 2. The van der Waals surface area contributed by atoms with Gasteiger partial charge < -0.3 is 11.1 Å². The van der Waals surface area contributed by atoms with Crippen molar-refractivity contribution in [1.29, 1.82) is 0 Å². The summed E-state index contributed by atoms with van der Waals surface area (Å²) in [6.45, 7) is 0. The van der Waals surface area contributed by atoms with E-state index in [0.717, 1.165) is 22.5 Å². The van der Waals surface area contributed by atoms with E-state index in [1.54, 1.807) is 0 Å². The first-order chi connectivity index (χ1) is 7.36. The molecule has 1 heterocycles. The predicted octanol–water partition coefficient (Wildman–Crippen LogP) is 2.28. The molecule has 0 saturated heterocycles. The molecule has 0 bridgehead atoms. The van der Waals surface area contributed by atoms with Gasteiger partial charge in [-0.05, 0) is 6.07 Å². The van der Waals surface area contributed by atoms with Gasteiger partial charge >= 0.3 is 0 Å². The van der Waals surface area contributed by atoms with Crippen molar-refractivity contribution in [3.63, 3.8) is 0 Å². The standard InChI is InChI=1S/C13H12N2/c14-13-9-5-1-3-7-11(9)15-12-8-4-2-6-10(12)13/h1-8,11,15H,14H2. The van der Waals surface area contributed by atoms with Crippen LogP contribution in [0.3, 0.4) is 0 Å². The maximum Gasteiger partial charge on any atom is 0.0721 e. The third kappa shape index (κ3) is 1.18. The molecule has 1 aliphatic heterocycles. The van der Waals surface area contributed by atoms with E-state index in [-0.39, 0.29) is 6.04 Å². The Morgan fingerprint density at radius 1 is 1.13 bits per heavy atom. The van der Waals surface area contributed by atoms with E-state index >= 15 is 0 Å². The Morgan fingerprint density at radius 3 is 2.93 bits per heavy atom. The minimum atomic E-state index is 0.227. The fourth-order valence-electron chi connectivity index (χ4n) is 2.09. The average molecular weight is 196 g/mol. The van der Waals surface area contributed by atoms with E-state index in [4.69, 9.17) is 5.73 Å². The lowest BCUT2D eigenvalue weighted by atomic mass is 9.92. The Balaban J connectivity index is 2.21. The number of rotatable bonds is 0. The zero-order chi connectivity index (χ0) is 10.3. The van der Waals surface area contributed by atoms with E-state index in [0.29, 0.717) is 0 Å². The molecule has 1 aromatic carbocycles. The Morgan fingerprint density at radius 2 is 2.00 bits per heavy atom. The second-order valence-electron chi connectivity index (χ2n) is 3.78. The molecule has 0 amide bonds. The van der Waals surface area contributed by atoms with Crippen molar-refractivity contribution in [2.45, 2.75) is 6.04 Å². The van der Waals surface area contributed by atoms with Crippen LogP contribution in [0, 0.1) is 0 Å². The van der Waals surface area contributed by atoms with Crippen LogP contribution in [0.4, 0.5) is 5.69 Å². The van der Waals surface area contributed by atoms with Crippen LogP contribution in [0.25, 0.3) is 5.70 Å². The van der Waals surface area contributed by atoms with Crippen LogP contribution in [0.1, 0.15) is 5.56 Å². The summed E-state index contributed by atoms with van der Waals surface area (Å²) >= 11 is 0. The van der Waals surface area contributed by atoms with E-state index in [1.807, 2.05) is 30.4 Å². The van der Waals surface area contributed by atoms with Crippen molar-refractivity contribution < 1.29 is 0 Å². The van der Waals surface area contributed by atoms with Gasteiger partial charge in [0.15, 0.2) is 0 Å². The smallest absolute Gasteiger partial charge is 0.0721 e. The molecule has 2 heteroatoms. The van der Waals surface area contributed by atoms with Crippen LogP contribution in [0.2, 0.25) is 0 Å². The lowest BCUT2D eigenvalue weighted by molar-refractivity contribution is 1.02. The molecule has 1 aromatic rings. The highest BCUT2D eigenvalue weighted by molar-refractivity contribution is 5.83. The number of fused-ring (bicyclic) bond motifs is 2. The number of hydrogen-bond donors (Lipinski definition) is 2. The summed E-state index contributed by atoms with van der Waals surface area (Å²) < 4.78 is 0. The van der Waals surface area contributed by atoms with Gasteiger partial charge in [-0.2, -0.15) is 0 Å². The summed E-state index contributed by atoms with van der Waals surface area (Å²) in [5.74, 6) is 0. The molecule has 0 fully saturated rings. The van der Waals surface area contributed by atoms with E-state index < -0.39 is 0 Å². The molecule has 0 aromatic heterocycles. The van der Waals surface area contributed by atoms with Crippen LogP contribution < -0.4 is 11.1 Å². The van der Waals surface area contributed by atoms with Crippen LogP contribution in [0.15, 0.2) is 54.1 Å². The first kappa shape index (κ1) is 8.36. The van der Waals surface area contributed by atoms with Gasteiger partial charge in [0.1, 0.15) is 0 Å². The fraction of sp³-hybridized carbons (Fsp3) is 0.0769. The molecule has 3 rings (SSSR count). The number of hydrogen-bond acceptors (Lipinski definition) is 2. The molecule has 1 atom stereocenters. The lowest BCUT2D eigenvalue weighted by Crippen LogP contribution is -2.27. The van der Waals surface area contributed by atoms with Crippen molar-refractivity contribution >= 4 is 11.4 Å². The summed E-state index contributed by atoms with van der Waals surface area (Å²) in [5, 5.41) is 3.45. The topological polar surface area (TPSA) is 38.0 Å².